The molecule has 0 aliphatic carbocycles. The molecule has 0 aromatic rings. The average molecular weight is 295 g/mol. The third kappa shape index (κ3) is 3.76. The van der Waals surface area contributed by atoms with E-state index < -0.39 is 0 Å². The van der Waals surface area contributed by atoms with Crippen molar-refractivity contribution in [2.24, 2.45) is 11.8 Å². The zero-order valence-electron chi connectivity index (χ0n) is 13.8. The summed E-state index contributed by atoms with van der Waals surface area (Å²) >= 11 is 0. The number of hydrogen-bond acceptors (Lipinski definition) is 3. The molecule has 2 rings (SSSR count). The molecule has 5 heteroatoms. The van der Waals surface area contributed by atoms with Crippen LogP contribution in [-0.2, 0) is 9.59 Å². The first-order chi connectivity index (χ1) is 9.92. The van der Waals surface area contributed by atoms with Crippen LogP contribution in [-0.4, -0.2) is 59.9 Å². The van der Waals surface area contributed by atoms with Crippen LogP contribution in [0.2, 0.25) is 0 Å². The van der Waals surface area contributed by atoms with Gasteiger partial charge in [-0.25, -0.2) is 0 Å². The minimum Gasteiger partial charge on any atom is -0.342 e. The van der Waals surface area contributed by atoms with Gasteiger partial charge in [-0.05, 0) is 38.6 Å². The number of likely N-dealkylation sites (tertiary alicyclic amines) is 1. The molecular formula is C16H29N3O2. The molecule has 3 unspecified atom stereocenters. The first-order valence-electron chi connectivity index (χ1n) is 8.24. The molecule has 2 amide bonds. The van der Waals surface area contributed by atoms with Gasteiger partial charge in [0.2, 0.25) is 11.8 Å². The summed E-state index contributed by atoms with van der Waals surface area (Å²) < 4.78 is 0. The number of piperazine rings is 1. The number of amides is 2. The van der Waals surface area contributed by atoms with Crippen molar-refractivity contribution >= 4 is 11.8 Å². The highest BCUT2D eigenvalue weighted by atomic mass is 16.2. The van der Waals surface area contributed by atoms with Gasteiger partial charge in [0.15, 0.2) is 0 Å². The van der Waals surface area contributed by atoms with Crippen LogP contribution >= 0.6 is 0 Å². The second-order valence-electron chi connectivity index (χ2n) is 6.89. The number of carbonyl (C=O) groups is 2. The van der Waals surface area contributed by atoms with Gasteiger partial charge in [0.05, 0.1) is 6.54 Å². The van der Waals surface area contributed by atoms with Crippen LogP contribution < -0.4 is 5.32 Å². The van der Waals surface area contributed by atoms with Crippen molar-refractivity contribution in [3.8, 4) is 0 Å². The monoisotopic (exact) mass is 295 g/mol. The van der Waals surface area contributed by atoms with Crippen molar-refractivity contribution in [3.63, 3.8) is 0 Å². The summed E-state index contributed by atoms with van der Waals surface area (Å²) in [5.41, 5.74) is 0. The Morgan fingerprint density at radius 2 is 2.00 bits per heavy atom. The lowest BCUT2D eigenvalue weighted by molar-refractivity contribution is -0.146. The molecule has 2 aliphatic heterocycles. The summed E-state index contributed by atoms with van der Waals surface area (Å²) in [5.74, 6) is 0.783. The molecule has 0 radical (unpaired) electrons. The van der Waals surface area contributed by atoms with Gasteiger partial charge < -0.3 is 15.1 Å². The van der Waals surface area contributed by atoms with Crippen molar-refractivity contribution in [2.75, 3.05) is 26.2 Å². The highest BCUT2D eigenvalue weighted by Gasteiger charge is 2.37. The first-order valence-corrected chi connectivity index (χ1v) is 8.24. The Kier molecular flexibility index (Phi) is 5.25. The molecule has 2 aliphatic rings. The van der Waals surface area contributed by atoms with E-state index in [9.17, 15) is 9.59 Å². The standard InChI is InChI=1S/C16H29N3O2/c1-5-12(4)15-16(21)19(10-14(20)17-15)9-13-6-7-18(8-13)11(2)3/h11-13,15H,5-10H2,1-4H3,(H,17,20). The van der Waals surface area contributed by atoms with Crippen LogP contribution in [0.25, 0.3) is 0 Å². The fraction of sp³-hybridized carbons (Fsp3) is 0.875. The minimum atomic E-state index is -0.334. The lowest BCUT2D eigenvalue weighted by atomic mass is 9.95. The molecule has 0 spiro atoms. The fourth-order valence-electron chi connectivity index (χ4n) is 3.30. The maximum atomic E-state index is 12.6. The molecule has 2 heterocycles. The van der Waals surface area contributed by atoms with Gasteiger partial charge >= 0.3 is 0 Å². The van der Waals surface area contributed by atoms with Gasteiger partial charge in [-0.1, -0.05) is 20.3 Å². The predicted molar refractivity (Wildman–Crippen MR) is 82.8 cm³/mol. The van der Waals surface area contributed by atoms with Crippen LogP contribution in [0.4, 0.5) is 0 Å². The van der Waals surface area contributed by atoms with Crippen molar-refractivity contribution in [1.29, 1.82) is 0 Å². The van der Waals surface area contributed by atoms with Crippen molar-refractivity contribution < 1.29 is 9.59 Å². The zero-order chi connectivity index (χ0) is 15.6. The van der Waals surface area contributed by atoms with E-state index in [0.717, 1.165) is 32.5 Å². The summed E-state index contributed by atoms with van der Waals surface area (Å²) in [6, 6.07) is 0.224. The molecule has 2 saturated heterocycles. The van der Waals surface area contributed by atoms with Gasteiger partial charge in [0.1, 0.15) is 6.04 Å². The predicted octanol–water partition coefficient (Wildman–Crippen LogP) is 1.09. The Hall–Kier alpha value is -1.10. The smallest absolute Gasteiger partial charge is 0.245 e. The maximum Gasteiger partial charge on any atom is 0.245 e. The van der Waals surface area contributed by atoms with Crippen LogP contribution in [0.5, 0.6) is 0 Å². The number of nitrogens with one attached hydrogen (secondary N) is 1. The summed E-state index contributed by atoms with van der Waals surface area (Å²) in [6.07, 6.45) is 2.02. The third-order valence-corrected chi connectivity index (χ3v) is 4.97. The number of hydrogen-bond donors (Lipinski definition) is 1. The van der Waals surface area contributed by atoms with E-state index in [0.29, 0.717) is 12.0 Å². The molecule has 120 valence electrons. The largest absolute Gasteiger partial charge is 0.342 e. The van der Waals surface area contributed by atoms with E-state index in [4.69, 9.17) is 0 Å². The molecule has 3 atom stereocenters. The van der Waals surface area contributed by atoms with E-state index in [1.54, 1.807) is 4.90 Å². The minimum absolute atomic E-state index is 0.0152. The summed E-state index contributed by atoms with van der Waals surface area (Å²) in [6.45, 7) is 11.6. The van der Waals surface area contributed by atoms with E-state index >= 15 is 0 Å². The van der Waals surface area contributed by atoms with Crippen molar-refractivity contribution in [1.82, 2.24) is 15.1 Å². The molecule has 0 aromatic carbocycles. The first kappa shape index (κ1) is 16.3. The van der Waals surface area contributed by atoms with Crippen LogP contribution in [0, 0.1) is 11.8 Å². The van der Waals surface area contributed by atoms with Gasteiger partial charge in [-0.3, -0.25) is 9.59 Å². The quantitative estimate of drug-likeness (QED) is 0.826. The van der Waals surface area contributed by atoms with Gasteiger partial charge in [0.25, 0.3) is 0 Å². The van der Waals surface area contributed by atoms with Crippen LogP contribution in [0.15, 0.2) is 0 Å². The number of rotatable bonds is 5. The summed E-state index contributed by atoms with van der Waals surface area (Å²) in [7, 11) is 0. The molecule has 0 aromatic heterocycles. The summed E-state index contributed by atoms with van der Waals surface area (Å²) in [4.78, 5) is 28.7. The van der Waals surface area contributed by atoms with E-state index in [-0.39, 0.29) is 30.3 Å². The molecule has 0 bridgehead atoms. The van der Waals surface area contributed by atoms with Crippen LogP contribution in [0.3, 0.4) is 0 Å². The molecular weight excluding hydrogens is 266 g/mol. The number of carbonyl (C=O) groups excluding carboxylic acids is 2. The second-order valence-corrected chi connectivity index (χ2v) is 6.89. The Morgan fingerprint density at radius 1 is 1.29 bits per heavy atom. The fourth-order valence-corrected chi connectivity index (χ4v) is 3.30. The van der Waals surface area contributed by atoms with E-state index in [1.807, 2.05) is 6.92 Å². The van der Waals surface area contributed by atoms with E-state index in [1.165, 1.54) is 0 Å². The van der Waals surface area contributed by atoms with Crippen molar-refractivity contribution in [3.05, 3.63) is 0 Å². The highest BCUT2D eigenvalue weighted by molar-refractivity contribution is 5.95. The lowest BCUT2D eigenvalue weighted by Gasteiger charge is -2.36. The zero-order valence-corrected chi connectivity index (χ0v) is 13.8. The average Bonchev–Trinajstić information content (AvgIpc) is 2.90. The Labute approximate surface area is 128 Å². The second kappa shape index (κ2) is 6.77. The third-order valence-electron chi connectivity index (χ3n) is 4.97. The lowest BCUT2D eigenvalue weighted by Crippen LogP contribution is -2.60. The normalized spacial score (nSPS) is 29.1. The van der Waals surface area contributed by atoms with Crippen LogP contribution in [0.1, 0.15) is 40.5 Å². The molecule has 0 saturated carbocycles. The van der Waals surface area contributed by atoms with E-state index in [2.05, 4.69) is 31.0 Å². The Balaban J connectivity index is 1.96. The van der Waals surface area contributed by atoms with Crippen molar-refractivity contribution in [2.45, 2.75) is 52.6 Å². The molecule has 5 nitrogen and oxygen atoms in total. The topological polar surface area (TPSA) is 52.7 Å². The van der Waals surface area contributed by atoms with Gasteiger partial charge in [0, 0.05) is 19.1 Å². The molecule has 21 heavy (non-hydrogen) atoms. The summed E-state index contributed by atoms with van der Waals surface area (Å²) in [5, 5.41) is 2.86. The number of nitrogens with zero attached hydrogens (tertiary/aromatic N) is 2. The SMILES string of the molecule is CCC(C)C1NC(=O)CN(CC2CCN(C(C)C)C2)C1=O. The maximum absolute atomic E-state index is 12.6. The Bertz CT molecular complexity index is 397. The Morgan fingerprint density at radius 3 is 2.57 bits per heavy atom. The highest BCUT2D eigenvalue weighted by Crippen LogP contribution is 2.22. The molecule has 1 N–H and O–H groups in total. The van der Waals surface area contributed by atoms with Gasteiger partial charge in [-0.2, -0.15) is 0 Å². The van der Waals surface area contributed by atoms with Gasteiger partial charge in [-0.15, -0.1) is 0 Å². The molecule has 2 fully saturated rings.